The molecule has 150 valence electrons. The third kappa shape index (κ3) is 3.83. The van der Waals surface area contributed by atoms with Crippen molar-refractivity contribution in [3.8, 4) is 0 Å². The number of hydrazine groups is 1. The van der Waals surface area contributed by atoms with Crippen LogP contribution in [0.4, 0.5) is 11.4 Å². The third-order valence-electron chi connectivity index (χ3n) is 4.66. The zero-order valence-corrected chi connectivity index (χ0v) is 17.6. The molecule has 1 aliphatic rings. The summed E-state index contributed by atoms with van der Waals surface area (Å²) in [5, 5.41) is 12.5. The summed E-state index contributed by atoms with van der Waals surface area (Å²) in [5.41, 5.74) is 4.27. The average molecular weight is 514 g/mol. The van der Waals surface area contributed by atoms with Gasteiger partial charge >= 0.3 is 0 Å². The van der Waals surface area contributed by atoms with Gasteiger partial charge in [-0.05, 0) is 65.1 Å². The number of nitro groups is 1. The van der Waals surface area contributed by atoms with Crippen LogP contribution in [-0.2, 0) is 16.1 Å². The molecule has 0 spiro atoms. The highest BCUT2D eigenvalue weighted by atomic mass is 127. The molecule has 4 rings (SSSR count). The summed E-state index contributed by atoms with van der Waals surface area (Å²) in [5.74, 6) is -0.961. The van der Waals surface area contributed by atoms with Crippen LogP contribution in [0.5, 0.6) is 0 Å². The van der Waals surface area contributed by atoms with E-state index in [-0.39, 0.29) is 17.8 Å². The molecule has 1 fully saturated rings. The summed E-state index contributed by atoms with van der Waals surface area (Å²) in [7, 11) is 0. The van der Waals surface area contributed by atoms with E-state index >= 15 is 0 Å². The van der Waals surface area contributed by atoms with E-state index in [1.165, 1.54) is 17.2 Å². The van der Waals surface area contributed by atoms with Gasteiger partial charge in [0.1, 0.15) is 5.57 Å². The Balaban J connectivity index is 1.63. The van der Waals surface area contributed by atoms with Crippen molar-refractivity contribution in [2.45, 2.75) is 6.54 Å². The highest BCUT2D eigenvalue weighted by molar-refractivity contribution is 14.1. The number of rotatable bonds is 5. The molecule has 1 saturated heterocycles. The van der Waals surface area contributed by atoms with E-state index in [2.05, 4.69) is 28.0 Å². The second kappa shape index (κ2) is 8.11. The number of halogens is 1. The van der Waals surface area contributed by atoms with Crippen LogP contribution in [0.2, 0.25) is 0 Å². The quantitative estimate of drug-likeness (QED) is 0.185. The molecule has 0 bridgehead atoms. The lowest BCUT2D eigenvalue weighted by Crippen LogP contribution is -2.35. The van der Waals surface area contributed by atoms with Crippen LogP contribution in [0.3, 0.4) is 0 Å². The fraction of sp³-hybridized carbons (Fsp3) is 0.0476. The number of amides is 2. The molecule has 1 N–H and O–H groups in total. The second-order valence-corrected chi connectivity index (χ2v) is 7.81. The first-order valence-corrected chi connectivity index (χ1v) is 10.0. The maximum absolute atomic E-state index is 12.8. The van der Waals surface area contributed by atoms with E-state index in [4.69, 9.17) is 0 Å². The molecule has 0 atom stereocenters. The van der Waals surface area contributed by atoms with Gasteiger partial charge in [-0.1, -0.05) is 18.2 Å². The zero-order valence-electron chi connectivity index (χ0n) is 15.5. The number of hydrogen-bond acceptors (Lipinski definition) is 4. The maximum Gasteiger partial charge on any atom is 0.282 e. The number of carbonyl (C=O) groups excluding carboxylic acids is 2. The van der Waals surface area contributed by atoms with E-state index in [1.54, 1.807) is 53.2 Å². The lowest BCUT2D eigenvalue weighted by molar-refractivity contribution is -0.385. The van der Waals surface area contributed by atoms with Gasteiger partial charge in [0.2, 0.25) is 0 Å². The van der Waals surface area contributed by atoms with Gasteiger partial charge in [-0.3, -0.25) is 25.1 Å². The van der Waals surface area contributed by atoms with E-state index < -0.39 is 16.7 Å². The Morgan fingerprint density at radius 2 is 1.77 bits per heavy atom. The summed E-state index contributed by atoms with van der Waals surface area (Å²) in [6, 6.07) is 17.2. The summed E-state index contributed by atoms with van der Waals surface area (Å²) >= 11 is 2.16. The predicted molar refractivity (Wildman–Crippen MR) is 119 cm³/mol. The van der Waals surface area contributed by atoms with Crippen LogP contribution in [0, 0.1) is 13.7 Å². The van der Waals surface area contributed by atoms with Crippen LogP contribution in [-0.4, -0.2) is 21.3 Å². The molecule has 2 heterocycles. The standard InChI is InChI=1S/C21H15IN4O4/c22-15-7-9-16(10-8-15)25-21(28)18(20(27)23-25)12-17-5-3-11-24(17)13-14-4-1-2-6-19(14)26(29)30/h1-12H,13H2,(H,23,27)/b18-12+. The number of aromatic nitrogens is 1. The Morgan fingerprint density at radius 3 is 2.50 bits per heavy atom. The maximum atomic E-state index is 12.8. The second-order valence-electron chi connectivity index (χ2n) is 6.56. The van der Waals surface area contributed by atoms with Gasteiger partial charge in [0, 0.05) is 27.1 Å². The van der Waals surface area contributed by atoms with Crippen LogP contribution in [0.1, 0.15) is 11.3 Å². The van der Waals surface area contributed by atoms with Crippen LogP contribution < -0.4 is 10.4 Å². The van der Waals surface area contributed by atoms with Gasteiger partial charge in [-0.2, -0.15) is 0 Å². The molecule has 0 saturated carbocycles. The molecule has 1 aromatic heterocycles. The lowest BCUT2D eigenvalue weighted by atomic mass is 10.1. The van der Waals surface area contributed by atoms with Crippen LogP contribution in [0.25, 0.3) is 6.08 Å². The molecular formula is C21H15IN4O4. The molecule has 8 nitrogen and oxygen atoms in total. The van der Waals surface area contributed by atoms with Gasteiger partial charge in [0.05, 0.1) is 17.2 Å². The molecule has 0 radical (unpaired) electrons. The minimum atomic E-state index is -0.503. The van der Waals surface area contributed by atoms with E-state index in [1.807, 2.05) is 12.1 Å². The molecule has 0 unspecified atom stereocenters. The number of anilines is 1. The Labute approximate surface area is 185 Å². The highest BCUT2D eigenvalue weighted by Gasteiger charge is 2.34. The van der Waals surface area contributed by atoms with Crippen molar-refractivity contribution in [3.05, 3.63) is 97.4 Å². The molecule has 3 aromatic rings. The number of para-hydroxylation sites is 1. The molecule has 30 heavy (non-hydrogen) atoms. The Bertz CT molecular complexity index is 1180. The first-order chi connectivity index (χ1) is 14.4. The highest BCUT2D eigenvalue weighted by Crippen LogP contribution is 2.24. The smallest absolute Gasteiger partial charge is 0.282 e. The minimum absolute atomic E-state index is 0.00365. The molecule has 2 amide bonds. The van der Waals surface area contributed by atoms with Crippen LogP contribution in [0.15, 0.2) is 72.4 Å². The number of nitrogens with one attached hydrogen (secondary N) is 1. The van der Waals surface area contributed by atoms with Crippen molar-refractivity contribution in [2.75, 3.05) is 5.01 Å². The molecule has 9 heteroatoms. The van der Waals surface area contributed by atoms with E-state index in [0.29, 0.717) is 16.9 Å². The van der Waals surface area contributed by atoms with E-state index in [9.17, 15) is 19.7 Å². The first-order valence-electron chi connectivity index (χ1n) is 8.94. The largest absolute Gasteiger partial charge is 0.343 e. The number of hydrogen-bond donors (Lipinski definition) is 1. The Kier molecular flexibility index (Phi) is 5.36. The zero-order chi connectivity index (χ0) is 21.3. The summed E-state index contributed by atoms with van der Waals surface area (Å²) in [6.45, 7) is 0.236. The lowest BCUT2D eigenvalue weighted by Gasteiger charge is -2.14. The number of nitro benzene ring substituents is 1. The van der Waals surface area contributed by atoms with Gasteiger partial charge in [0.15, 0.2) is 0 Å². The number of carbonyl (C=O) groups is 2. The number of benzene rings is 2. The van der Waals surface area contributed by atoms with Crippen LogP contribution >= 0.6 is 22.6 Å². The minimum Gasteiger partial charge on any atom is -0.343 e. The van der Waals surface area contributed by atoms with Crippen molar-refractivity contribution in [1.29, 1.82) is 0 Å². The van der Waals surface area contributed by atoms with Crippen molar-refractivity contribution in [1.82, 2.24) is 9.99 Å². The summed E-state index contributed by atoms with van der Waals surface area (Å²) in [6.07, 6.45) is 3.25. The van der Waals surface area contributed by atoms with Crippen molar-refractivity contribution in [2.24, 2.45) is 0 Å². The normalized spacial score (nSPS) is 15.0. The molecule has 2 aromatic carbocycles. The third-order valence-corrected chi connectivity index (χ3v) is 5.38. The van der Waals surface area contributed by atoms with Gasteiger partial charge in [-0.15, -0.1) is 0 Å². The SMILES string of the molecule is O=C1NN(c2ccc(I)cc2)C(=O)/C1=C/c1cccn1Cc1ccccc1[N+](=O)[O-]. The first kappa shape index (κ1) is 19.8. The van der Waals surface area contributed by atoms with Crippen molar-refractivity contribution >= 4 is 51.9 Å². The molecule has 0 aliphatic carbocycles. The summed E-state index contributed by atoms with van der Waals surface area (Å²) in [4.78, 5) is 36.1. The molecular weight excluding hydrogens is 499 g/mol. The number of nitrogens with zero attached hydrogens (tertiary/aromatic N) is 3. The summed E-state index contributed by atoms with van der Waals surface area (Å²) < 4.78 is 2.77. The van der Waals surface area contributed by atoms with Gasteiger partial charge in [-0.25, -0.2) is 5.01 Å². The average Bonchev–Trinajstić information content (AvgIpc) is 3.28. The predicted octanol–water partition coefficient (Wildman–Crippen LogP) is 3.51. The van der Waals surface area contributed by atoms with Crippen molar-refractivity contribution < 1.29 is 14.5 Å². The van der Waals surface area contributed by atoms with Crippen molar-refractivity contribution in [3.63, 3.8) is 0 Å². The fourth-order valence-electron chi connectivity index (χ4n) is 3.19. The Morgan fingerprint density at radius 1 is 1.03 bits per heavy atom. The Hall–Kier alpha value is -3.47. The monoisotopic (exact) mass is 514 g/mol. The van der Waals surface area contributed by atoms with Gasteiger partial charge < -0.3 is 4.57 Å². The van der Waals surface area contributed by atoms with Gasteiger partial charge in [0.25, 0.3) is 17.5 Å². The fourth-order valence-corrected chi connectivity index (χ4v) is 3.55. The molecule has 1 aliphatic heterocycles. The van der Waals surface area contributed by atoms with E-state index in [0.717, 1.165) is 3.57 Å². The topological polar surface area (TPSA) is 97.5 Å².